The summed E-state index contributed by atoms with van der Waals surface area (Å²) in [7, 11) is 0. The van der Waals surface area contributed by atoms with Crippen molar-refractivity contribution >= 4 is 39.7 Å². The Labute approximate surface area is 157 Å². The van der Waals surface area contributed by atoms with Gasteiger partial charge in [-0.05, 0) is 24.1 Å². The average Bonchev–Trinajstić information content (AvgIpc) is 3.25. The second kappa shape index (κ2) is 6.81. The summed E-state index contributed by atoms with van der Waals surface area (Å²) in [6.07, 6.45) is 0.747. The lowest BCUT2D eigenvalue weighted by Gasteiger charge is -2.15. The second-order valence-corrected chi connectivity index (χ2v) is 7.55. The predicted molar refractivity (Wildman–Crippen MR) is 100 cm³/mol. The van der Waals surface area contributed by atoms with Gasteiger partial charge in [0.05, 0.1) is 23.8 Å². The average molecular weight is 392 g/mol. The number of benzene rings is 1. The van der Waals surface area contributed by atoms with Gasteiger partial charge in [-0.3, -0.25) is 14.2 Å². The standard InChI is InChI=1S/C18H15ClFN3O2S/c19-12-3-1-11(2-4-12)17-16-14(9-26-17)21-10-23(18(16)25)8-15(24)22-6-5-13(20)7-22/h1-4,9-10,13H,5-8H2. The number of fused-ring (bicyclic) bond motifs is 1. The van der Waals surface area contributed by atoms with E-state index in [0.717, 1.165) is 10.4 Å². The van der Waals surface area contributed by atoms with Crippen molar-refractivity contribution in [1.29, 1.82) is 0 Å². The molecule has 1 aromatic carbocycles. The summed E-state index contributed by atoms with van der Waals surface area (Å²) in [6.45, 7) is 0.348. The summed E-state index contributed by atoms with van der Waals surface area (Å²) in [4.78, 5) is 31.8. The maximum absolute atomic E-state index is 13.3. The molecule has 1 fully saturated rings. The Morgan fingerprint density at radius 3 is 2.81 bits per heavy atom. The van der Waals surface area contributed by atoms with Gasteiger partial charge in [-0.25, -0.2) is 9.37 Å². The van der Waals surface area contributed by atoms with Crippen molar-refractivity contribution in [2.75, 3.05) is 13.1 Å². The molecule has 0 radical (unpaired) electrons. The first-order valence-corrected chi connectivity index (χ1v) is 9.43. The number of alkyl halides is 1. The molecule has 2 aromatic heterocycles. The summed E-state index contributed by atoms with van der Waals surface area (Å²) < 4.78 is 14.6. The Kier molecular flexibility index (Phi) is 4.50. The lowest BCUT2D eigenvalue weighted by atomic mass is 10.1. The molecule has 0 saturated carbocycles. The molecule has 1 aliphatic rings. The maximum Gasteiger partial charge on any atom is 0.263 e. The van der Waals surface area contributed by atoms with Crippen LogP contribution in [0.2, 0.25) is 5.02 Å². The van der Waals surface area contributed by atoms with Gasteiger partial charge in [0.1, 0.15) is 12.7 Å². The first kappa shape index (κ1) is 17.2. The molecular formula is C18H15ClFN3O2S. The van der Waals surface area contributed by atoms with Gasteiger partial charge in [0.15, 0.2) is 0 Å². The van der Waals surface area contributed by atoms with Crippen LogP contribution in [0.3, 0.4) is 0 Å². The van der Waals surface area contributed by atoms with Crippen LogP contribution in [0.25, 0.3) is 21.3 Å². The Morgan fingerprint density at radius 1 is 1.35 bits per heavy atom. The highest BCUT2D eigenvalue weighted by Gasteiger charge is 2.26. The summed E-state index contributed by atoms with van der Waals surface area (Å²) in [5, 5.41) is 2.92. The van der Waals surface area contributed by atoms with Gasteiger partial charge in [-0.15, -0.1) is 11.3 Å². The Hall–Kier alpha value is -2.25. The molecule has 1 saturated heterocycles. The quantitative estimate of drug-likeness (QED) is 0.688. The number of carbonyl (C=O) groups is 1. The normalized spacial score (nSPS) is 17.2. The molecule has 3 heterocycles. The van der Waals surface area contributed by atoms with Crippen molar-refractivity contribution in [3.63, 3.8) is 0 Å². The van der Waals surface area contributed by atoms with Crippen LogP contribution >= 0.6 is 22.9 Å². The number of aromatic nitrogens is 2. The summed E-state index contributed by atoms with van der Waals surface area (Å²) >= 11 is 7.36. The van der Waals surface area contributed by atoms with Crippen molar-refractivity contribution in [1.82, 2.24) is 14.5 Å². The molecule has 134 valence electrons. The van der Waals surface area contributed by atoms with Crippen LogP contribution in [0.15, 0.2) is 40.8 Å². The topological polar surface area (TPSA) is 55.2 Å². The zero-order valence-electron chi connectivity index (χ0n) is 13.7. The van der Waals surface area contributed by atoms with E-state index in [0.29, 0.717) is 28.9 Å². The fourth-order valence-corrected chi connectivity index (χ4v) is 4.21. The molecule has 26 heavy (non-hydrogen) atoms. The third-order valence-electron chi connectivity index (χ3n) is 4.48. The van der Waals surface area contributed by atoms with Crippen LogP contribution in [-0.4, -0.2) is 39.6 Å². The van der Waals surface area contributed by atoms with E-state index < -0.39 is 6.17 Å². The van der Waals surface area contributed by atoms with Gasteiger partial charge < -0.3 is 4.90 Å². The largest absolute Gasteiger partial charge is 0.338 e. The molecule has 5 nitrogen and oxygen atoms in total. The molecule has 1 atom stereocenters. The van der Waals surface area contributed by atoms with Crippen LogP contribution in [0.5, 0.6) is 0 Å². The van der Waals surface area contributed by atoms with E-state index in [4.69, 9.17) is 11.6 Å². The van der Waals surface area contributed by atoms with Crippen molar-refractivity contribution in [2.24, 2.45) is 0 Å². The number of thiophene rings is 1. The van der Waals surface area contributed by atoms with Gasteiger partial charge in [0.25, 0.3) is 5.56 Å². The smallest absolute Gasteiger partial charge is 0.263 e. The van der Waals surface area contributed by atoms with E-state index in [1.807, 2.05) is 17.5 Å². The van der Waals surface area contributed by atoms with Crippen molar-refractivity contribution in [3.8, 4) is 10.4 Å². The number of halogens is 2. The predicted octanol–water partition coefficient (Wildman–Crippen LogP) is 3.35. The molecule has 0 bridgehead atoms. The number of hydrogen-bond donors (Lipinski definition) is 0. The van der Waals surface area contributed by atoms with Crippen LogP contribution < -0.4 is 5.56 Å². The molecular weight excluding hydrogens is 377 g/mol. The molecule has 1 unspecified atom stereocenters. The van der Waals surface area contributed by atoms with Crippen LogP contribution in [0, 0.1) is 0 Å². The fraction of sp³-hybridized carbons (Fsp3) is 0.278. The number of rotatable bonds is 3. The number of hydrogen-bond acceptors (Lipinski definition) is 4. The lowest BCUT2D eigenvalue weighted by molar-refractivity contribution is -0.131. The van der Waals surface area contributed by atoms with Gasteiger partial charge in [-0.1, -0.05) is 23.7 Å². The third-order valence-corrected chi connectivity index (χ3v) is 5.75. The van der Waals surface area contributed by atoms with Gasteiger partial charge in [-0.2, -0.15) is 0 Å². The van der Waals surface area contributed by atoms with Crippen molar-refractivity contribution < 1.29 is 9.18 Å². The van der Waals surface area contributed by atoms with E-state index >= 15 is 0 Å². The number of amides is 1. The number of nitrogens with zero attached hydrogens (tertiary/aromatic N) is 3. The molecule has 0 N–H and O–H groups in total. The maximum atomic E-state index is 13.3. The van der Waals surface area contributed by atoms with Crippen molar-refractivity contribution in [2.45, 2.75) is 19.1 Å². The van der Waals surface area contributed by atoms with E-state index in [1.165, 1.54) is 27.1 Å². The Morgan fingerprint density at radius 2 is 2.12 bits per heavy atom. The minimum Gasteiger partial charge on any atom is -0.338 e. The van der Waals surface area contributed by atoms with Crippen LogP contribution in [-0.2, 0) is 11.3 Å². The van der Waals surface area contributed by atoms with Crippen LogP contribution in [0.1, 0.15) is 6.42 Å². The summed E-state index contributed by atoms with van der Waals surface area (Å²) in [5.74, 6) is -0.267. The molecule has 8 heteroatoms. The third kappa shape index (κ3) is 3.12. The van der Waals surface area contributed by atoms with E-state index in [-0.39, 0.29) is 24.6 Å². The number of likely N-dealkylation sites (tertiary alicyclic amines) is 1. The fourth-order valence-electron chi connectivity index (χ4n) is 3.09. The summed E-state index contributed by atoms with van der Waals surface area (Å²) in [6, 6.07) is 7.23. The van der Waals surface area contributed by atoms with E-state index in [1.54, 1.807) is 12.1 Å². The first-order valence-electron chi connectivity index (χ1n) is 8.17. The molecule has 1 aliphatic heterocycles. The van der Waals surface area contributed by atoms with Gasteiger partial charge >= 0.3 is 0 Å². The molecule has 0 spiro atoms. The molecule has 1 amide bonds. The molecule has 3 aromatic rings. The highest BCUT2D eigenvalue weighted by molar-refractivity contribution is 7.15. The van der Waals surface area contributed by atoms with Crippen LogP contribution in [0.4, 0.5) is 4.39 Å². The van der Waals surface area contributed by atoms with Crippen molar-refractivity contribution in [3.05, 3.63) is 51.3 Å². The minimum absolute atomic E-state index is 0.0950. The van der Waals surface area contributed by atoms with E-state index in [2.05, 4.69) is 4.98 Å². The van der Waals surface area contributed by atoms with Gasteiger partial charge in [0, 0.05) is 21.8 Å². The monoisotopic (exact) mass is 391 g/mol. The minimum atomic E-state index is -0.982. The van der Waals surface area contributed by atoms with Gasteiger partial charge in [0.2, 0.25) is 5.91 Å². The highest BCUT2D eigenvalue weighted by Crippen LogP contribution is 2.32. The summed E-state index contributed by atoms with van der Waals surface area (Å²) in [5.41, 5.74) is 1.20. The zero-order valence-corrected chi connectivity index (χ0v) is 15.3. The van der Waals surface area contributed by atoms with E-state index in [9.17, 15) is 14.0 Å². The zero-order chi connectivity index (χ0) is 18.3. The molecule has 4 rings (SSSR count). The number of carbonyl (C=O) groups excluding carboxylic acids is 1. The Bertz CT molecular complexity index is 1030. The highest BCUT2D eigenvalue weighted by atomic mass is 35.5. The SMILES string of the molecule is O=C(Cn1cnc2csc(-c3ccc(Cl)cc3)c2c1=O)N1CCC(F)C1. The lowest BCUT2D eigenvalue weighted by Crippen LogP contribution is -2.35. The molecule has 0 aliphatic carbocycles. The first-order chi connectivity index (χ1) is 12.5. The second-order valence-electron chi connectivity index (χ2n) is 6.24. The Balaban J connectivity index is 1.70.